The molecule has 0 amide bonds. The molecule has 1 aromatic carbocycles. The van der Waals surface area contributed by atoms with Crippen LogP contribution in [0.2, 0.25) is 0 Å². The maximum atomic E-state index is 9.90. The molecule has 84 valence electrons. The molecule has 0 radical (unpaired) electrons. The van der Waals surface area contributed by atoms with Crippen LogP contribution in [0, 0.1) is 0 Å². The average molecular weight is 210 g/mol. The molecule has 3 nitrogen and oxygen atoms in total. The third-order valence-electron chi connectivity index (χ3n) is 2.19. The molecule has 0 aliphatic carbocycles. The summed E-state index contributed by atoms with van der Waals surface area (Å²) in [6.07, 6.45) is -1.47. The van der Waals surface area contributed by atoms with Gasteiger partial charge in [-0.25, -0.2) is 0 Å². The Hall–Kier alpha value is -0.900. The Kier molecular flexibility index (Phi) is 4.75. The van der Waals surface area contributed by atoms with Crippen LogP contribution in [0.5, 0.6) is 0 Å². The molecular weight excluding hydrogens is 192 g/mol. The van der Waals surface area contributed by atoms with E-state index in [0.29, 0.717) is 0 Å². The fourth-order valence-corrected chi connectivity index (χ4v) is 1.30. The first-order valence-electron chi connectivity index (χ1n) is 5.14. The van der Waals surface area contributed by atoms with Crippen LogP contribution in [0.3, 0.4) is 0 Å². The van der Waals surface area contributed by atoms with Crippen LogP contribution in [0.25, 0.3) is 0 Å². The van der Waals surface area contributed by atoms with Crippen molar-refractivity contribution in [3.63, 3.8) is 0 Å². The van der Waals surface area contributed by atoms with Gasteiger partial charge in [-0.05, 0) is 19.4 Å². The predicted octanol–water partition coefficient (Wildman–Crippen LogP) is 1.51. The molecular formula is C12H18O3. The Morgan fingerprint density at radius 2 is 1.73 bits per heavy atom. The average Bonchev–Trinajstić information content (AvgIpc) is 2.26. The van der Waals surface area contributed by atoms with Crippen LogP contribution in [0.15, 0.2) is 30.3 Å². The third-order valence-corrected chi connectivity index (χ3v) is 2.19. The maximum absolute atomic E-state index is 9.90. The Morgan fingerprint density at radius 3 is 2.27 bits per heavy atom. The first-order chi connectivity index (χ1) is 7.11. The van der Waals surface area contributed by atoms with Gasteiger partial charge in [-0.1, -0.05) is 30.3 Å². The van der Waals surface area contributed by atoms with Crippen molar-refractivity contribution < 1.29 is 14.9 Å². The van der Waals surface area contributed by atoms with Gasteiger partial charge in [0.2, 0.25) is 0 Å². The highest BCUT2D eigenvalue weighted by molar-refractivity contribution is 5.18. The Bertz CT molecular complexity index is 271. The van der Waals surface area contributed by atoms with Crippen molar-refractivity contribution in [2.24, 2.45) is 0 Å². The van der Waals surface area contributed by atoms with E-state index in [-0.39, 0.29) is 12.7 Å². The summed E-state index contributed by atoms with van der Waals surface area (Å²) >= 11 is 0. The zero-order valence-corrected chi connectivity index (χ0v) is 9.13. The lowest BCUT2D eigenvalue weighted by molar-refractivity contribution is -0.0551. The van der Waals surface area contributed by atoms with E-state index < -0.39 is 12.2 Å². The van der Waals surface area contributed by atoms with Crippen LogP contribution in [-0.2, 0) is 4.74 Å². The summed E-state index contributed by atoms with van der Waals surface area (Å²) in [4.78, 5) is 0. The van der Waals surface area contributed by atoms with E-state index in [9.17, 15) is 5.11 Å². The molecule has 0 spiro atoms. The fraction of sp³-hybridized carbons (Fsp3) is 0.500. The minimum atomic E-state index is -0.648. The van der Waals surface area contributed by atoms with Crippen LogP contribution in [0.1, 0.15) is 25.5 Å². The van der Waals surface area contributed by atoms with Crippen LogP contribution in [0.4, 0.5) is 0 Å². The van der Waals surface area contributed by atoms with Crippen molar-refractivity contribution in [2.75, 3.05) is 6.61 Å². The largest absolute Gasteiger partial charge is 0.391 e. The Morgan fingerprint density at radius 1 is 1.13 bits per heavy atom. The number of aliphatic hydroxyl groups excluding tert-OH is 2. The van der Waals surface area contributed by atoms with Gasteiger partial charge >= 0.3 is 0 Å². The van der Waals surface area contributed by atoms with Gasteiger partial charge in [0.15, 0.2) is 0 Å². The molecule has 0 fully saturated rings. The molecule has 3 heteroatoms. The van der Waals surface area contributed by atoms with Gasteiger partial charge in [0.05, 0.1) is 18.8 Å². The lowest BCUT2D eigenvalue weighted by Crippen LogP contribution is -2.23. The Balaban J connectivity index is 2.49. The molecule has 2 N–H and O–H groups in total. The molecule has 0 saturated carbocycles. The van der Waals surface area contributed by atoms with Crippen molar-refractivity contribution in [1.29, 1.82) is 0 Å². The van der Waals surface area contributed by atoms with Gasteiger partial charge in [0.25, 0.3) is 0 Å². The molecule has 3 atom stereocenters. The van der Waals surface area contributed by atoms with Crippen LogP contribution in [-0.4, -0.2) is 29.0 Å². The highest BCUT2D eigenvalue weighted by atomic mass is 16.5. The van der Waals surface area contributed by atoms with Gasteiger partial charge in [-0.3, -0.25) is 0 Å². The van der Waals surface area contributed by atoms with Crippen molar-refractivity contribution in [2.45, 2.75) is 32.2 Å². The topological polar surface area (TPSA) is 49.7 Å². The molecule has 3 unspecified atom stereocenters. The highest BCUT2D eigenvalue weighted by Gasteiger charge is 2.16. The number of benzene rings is 1. The zero-order chi connectivity index (χ0) is 11.3. The van der Waals surface area contributed by atoms with Crippen molar-refractivity contribution in [1.82, 2.24) is 0 Å². The van der Waals surface area contributed by atoms with E-state index in [2.05, 4.69) is 0 Å². The third kappa shape index (κ3) is 4.00. The minimum Gasteiger partial charge on any atom is -0.391 e. The SMILES string of the molecule is CC(O)COC(C)C(O)c1ccccc1. The van der Waals surface area contributed by atoms with Crippen LogP contribution >= 0.6 is 0 Å². The van der Waals surface area contributed by atoms with Gasteiger partial charge in [0, 0.05) is 0 Å². The second kappa shape index (κ2) is 5.85. The van der Waals surface area contributed by atoms with Gasteiger partial charge in [0.1, 0.15) is 6.10 Å². The normalized spacial score (nSPS) is 17.1. The summed E-state index contributed by atoms with van der Waals surface area (Å²) in [5.41, 5.74) is 0.829. The lowest BCUT2D eigenvalue weighted by atomic mass is 10.1. The molecule has 0 aliphatic rings. The number of hydrogen-bond acceptors (Lipinski definition) is 3. The van der Waals surface area contributed by atoms with Gasteiger partial charge < -0.3 is 14.9 Å². The van der Waals surface area contributed by atoms with E-state index in [0.717, 1.165) is 5.56 Å². The second-order valence-corrected chi connectivity index (χ2v) is 3.74. The van der Waals surface area contributed by atoms with E-state index in [1.54, 1.807) is 13.8 Å². The summed E-state index contributed by atoms with van der Waals surface area (Å²) in [7, 11) is 0. The number of ether oxygens (including phenoxy) is 1. The number of hydrogen-bond donors (Lipinski definition) is 2. The van der Waals surface area contributed by atoms with E-state index >= 15 is 0 Å². The first-order valence-corrected chi connectivity index (χ1v) is 5.14. The molecule has 0 heterocycles. The fourth-order valence-electron chi connectivity index (χ4n) is 1.30. The smallest absolute Gasteiger partial charge is 0.105 e. The molecule has 0 aromatic heterocycles. The monoisotopic (exact) mass is 210 g/mol. The summed E-state index contributed by atoms with van der Waals surface area (Å²) in [5.74, 6) is 0. The van der Waals surface area contributed by atoms with Crippen molar-refractivity contribution >= 4 is 0 Å². The van der Waals surface area contributed by atoms with E-state index in [1.807, 2.05) is 30.3 Å². The standard InChI is InChI=1S/C12H18O3/c1-9(13)8-15-10(2)12(14)11-6-4-3-5-7-11/h3-7,9-10,12-14H,8H2,1-2H3. The molecule has 15 heavy (non-hydrogen) atoms. The quantitative estimate of drug-likeness (QED) is 0.774. The molecule has 0 saturated heterocycles. The maximum Gasteiger partial charge on any atom is 0.105 e. The predicted molar refractivity (Wildman–Crippen MR) is 58.5 cm³/mol. The molecule has 0 aliphatic heterocycles. The van der Waals surface area contributed by atoms with Gasteiger partial charge in [-0.15, -0.1) is 0 Å². The van der Waals surface area contributed by atoms with Crippen molar-refractivity contribution in [3.8, 4) is 0 Å². The summed E-state index contributed by atoms with van der Waals surface area (Å²) in [5, 5.41) is 18.9. The van der Waals surface area contributed by atoms with E-state index in [4.69, 9.17) is 9.84 Å². The summed E-state index contributed by atoms with van der Waals surface area (Å²) in [6.45, 7) is 3.69. The molecule has 0 bridgehead atoms. The van der Waals surface area contributed by atoms with Gasteiger partial charge in [-0.2, -0.15) is 0 Å². The lowest BCUT2D eigenvalue weighted by Gasteiger charge is -2.20. The zero-order valence-electron chi connectivity index (χ0n) is 9.13. The van der Waals surface area contributed by atoms with Crippen LogP contribution < -0.4 is 0 Å². The second-order valence-electron chi connectivity index (χ2n) is 3.74. The summed E-state index contributed by atoms with van der Waals surface area (Å²) < 4.78 is 5.32. The first kappa shape index (κ1) is 12.2. The summed E-state index contributed by atoms with van der Waals surface area (Å²) in [6, 6.07) is 9.36. The highest BCUT2D eigenvalue weighted by Crippen LogP contribution is 2.18. The number of aliphatic hydroxyl groups is 2. The Labute approximate surface area is 90.3 Å². The molecule has 1 aromatic rings. The van der Waals surface area contributed by atoms with Crippen molar-refractivity contribution in [3.05, 3.63) is 35.9 Å². The number of rotatable bonds is 5. The minimum absolute atomic E-state index is 0.241. The van der Waals surface area contributed by atoms with E-state index in [1.165, 1.54) is 0 Å². The molecule has 1 rings (SSSR count).